The van der Waals surface area contributed by atoms with Crippen molar-refractivity contribution in [2.75, 3.05) is 6.61 Å². The molecule has 0 aliphatic heterocycles. The molecule has 3 nitrogen and oxygen atoms in total. The molecule has 0 spiro atoms. The monoisotopic (exact) mass is 222 g/mol. The van der Waals surface area contributed by atoms with Gasteiger partial charge in [0.05, 0.1) is 6.61 Å². The van der Waals surface area contributed by atoms with Crippen LogP contribution in [0.3, 0.4) is 0 Å². The maximum Gasteiger partial charge on any atom is 0.505 e. The molecule has 0 fully saturated rings. The average Bonchev–Trinajstić information content (AvgIpc) is 1.95. The fourth-order valence-corrected chi connectivity index (χ4v) is 0.595. The lowest BCUT2D eigenvalue weighted by molar-refractivity contribution is -0.284. The normalized spacial score (nSPS) is 12.6. The van der Waals surface area contributed by atoms with Gasteiger partial charge in [0.2, 0.25) is 0 Å². The molecule has 0 saturated heterocycles. The molecule has 0 unspecified atom stereocenters. The molecule has 1 N–H and O–H groups in total. The summed E-state index contributed by atoms with van der Waals surface area (Å²) in [6.07, 6.45) is -9.47. The van der Waals surface area contributed by atoms with E-state index in [4.69, 9.17) is 5.11 Å². The third-order valence-electron chi connectivity index (χ3n) is 1.28. The Morgan fingerprint density at radius 3 is 2.07 bits per heavy atom. The SMILES string of the molecule is O=C(O)OCCCC(F)(F)C(F)(F)F. The van der Waals surface area contributed by atoms with E-state index in [1.165, 1.54) is 0 Å². The summed E-state index contributed by atoms with van der Waals surface area (Å²) in [4.78, 5) is 9.69. The van der Waals surface area contributed by atoms with Crippen molar-refractivity contribution >= 4 is 6.16 Å². The van der Waals surface area contributed by atoms with Gasteiger partial charge < -0.3 is 9.84 Å². The maximum absolute atomic E-state index is 12.1. The Balaban J connectivity index is 3.83. The summed E-state index contributed by atoms with van der Waals surface area (Å²) >= 11 is 0. The molecule has 0 aromatic carbocycles. The first-order valence-corrected chi connectivity index (χ1v) is 3.47. The van der Waals surface area contributed by atoms with Crippen LogP contribution in [0.15, 0.2) is 0 Å². The molecule has 0 aliphatic carbocycles. The van der Waals surface area contributed by atoms with E-state index in [0.29, 0.717) is 0 Å². The van der Waals surface area contributed by atoms with Gasteiger partial charge in [-0.15, -0.1) is 0 Å². The minimum Gasteiger partial charge on any atom is -0.450 e. The van der Waals surface area contributed by atoms with E-state index in [9.17, 15) is 26.7 Å². The van der Waals surface area contributed by atoms with Gasteiger partial charge in [0.25, 0.3) is 0 Å². The summed E-state index contributed by atoms with van der Waals surface area (Å²) in [5, 5.41) is 7.87. The minimum absolute atomic E-state index is 0.680. The molecule has 0 heterocycles. The van der Waals surface area contributed by atoms with Crippen molar-refractivity contribution in [3.63, 3.8) is 0 Å². The van der Waals surface area contributed by atoms with Crippen molar-refractivity contribution in [3.05, 3.63) is 0 Å². The molecule has 0 rings (SSSR count). The van der Waals surface area contributed by atoms with E-state index in [1.54, 1.807) is 0 Å². The highest BCUT2D eigenvalue weighted by molar-refractivity contribution is 5.56. The van der Waals surface area contributed by atoms with Crippen LogP contribution < -0.4 is 0 Å². The van der Waals surface area contributed by atoms with Crippen molar-refractivity contribution < 1.29 is 36.6 Å². The molecule has 0 aromatic heterocycles. The van der Waals surface area contributed by atoms with Gasteiger partial charge in [-0.2, -0.15) is 22.0 Å². The van der Waals surface area contributed by atoms with Gasteiger partial charge in [-0.1, -0.05) is 0 Å². The molecule has 0 aliphatic rings. The van der Waals surface area contributed by atoms with Gasteiger partial charge in [0.15, 0.2) is 0 Å². The van der Waals surface area contributed by atoms with Gasteiger partial charge >= 0.3 is 18.3 Å². The second kappa shape index (κ2) is 4.43. The third kappa shape index (κ3) is 4.24. The molecule has 14 heavy (non-hydrogen) atoms. The summed E-state index contributed by atoms with van der Waals surface area (Å²) in [6.45, 7) is -0.680. The molecule has 0 aromatic rings. The van der Waals surface area contributed by atoms with Crippen LogP contribution in [0, 0.1) is 0 Å². The summed E-state index contributed by atoms with van der Waals surface area (Å²) in [6, 6.07) is 0. The molecule has 0 bridgehead atoms. The molecule has 0 saturated carbocycles. The Bertz CT molecular complexity index is 200. The number of hydrogen-bond acceptors (Lipinski definition) is 2. The second-order valence-corrected chi connectivity index (χ2v) is 2.42. The lowest BCUT2D eigenvalue weighted by atomic mass is 10.2. The smallest absolute Gasteiger partial charge is 0.450 e. The third-order valence-corrected chi connectivity index (χ3v) is 1.28. The van der Waals surface area contributed by atoms with E-state index in [2.05, 4.69) is 4.74 Å². The number of carboxylic acid groups (broad SMARTS) is 1. The number of ether oxygens (including phenoxy) is 1. The van der Waals surface area contributed by atoms with E-state index in [1.807, 2.05) is 0 Å². The van der Waals surface area contributed by atoms with Crippen molar-refractivity contribution in [1.29, 1.82) is 0 Å². The van der Waals surface area contributed by atoms with Crippen molar-refractivity contribution in [2.24, 2.45) is 0 Å². The van der Waals surface area contributed by atoms with Crippen LogP contribution in [0.4, 0.5) is 26.7 Å². The van der Waals surface area contributed by atoms with Gasteiger partial charge in [-0.05, 0) is 6.42 Å². The molecular formula is C6H7F5O3. The van der Waals surface area contributed by atoms with E-state index >= 15 is 0 Å². The van der Waals surface area contributed by atoms with Crippen molar-refractivity contribution in [1.82, 2.24) is 0 Å². The first-order chi connectivity index (χ1) is 6.17. The number of alkyl halides is 5. The average molecular weight is 222 g/mol. The molecule has 8 heteroatoms. The van der Waals surface area contributed by atoms with Crippen LogP contribution in [0.25, 0.3) is 0 Å². The predicted molar refractivity (Wildman–Crippen MR) is 34.2 cm³/mol. The van der Waals surface area contributed by atoms with Crippen LogP contribution in [0.1, 0.15) is 12.8 Å². The standard InChI is InChI=1S/C6H7F5O3/c7-5(8,6(9,10)11)2-1-3-14-4(12)13/h1-3H2,(H,12,13). The Kier molecular flexibility index (Phi) is 4.08. The predicted octanol–water partition coefficient (Wildman–Crippen LogP) is 2.66. The van der Waals surface area contributed by atoms with Crippen LogP contribution in [0.5, 0.6) is 0 Å². The van der Waals surface area contributed by atoms with Crippen molar-refractivity contribution in [3.8, 4) is 0 Å². The first-order valence-electron chi connectivity index (χ1n) is 3.47. The van der Waals surface area contributed by atoms with Crippen LogP contribution >= 0.6 is 0 Å². The highest BCUT2D eigenvalue weighted by Crippen LogP contribution is 2.38. The largest absolute Gasteiger partial charge is 0.505 e. The maximum atomic E-state index is 12.1. The highest BCUT2D eigenvalue weighted by Gasteiger charge is 2.56. The van der Waals surface area contributed by atoms with Gasteiger partial charge in [-0.3, -0.25) is 0 Å². The van der Waals surface area contributed by atoms with E-state index in [0.717, 1.165) is 0 Å². The Morgan fingerprint density at radius 2 is 1.71 bits per heavy atom. The zero-order valence-corrected chi connectivity index (χ0v) is 6.77. The zero-order chi connectivity index (χ0) is 11.4. The summed E-state index contributed by atoms with van der Waals surface area (Å²) in [5.74, 6) is -4.80. The fraction of sp³-hybridized carbons (Fsp3) is 0.833. The Hall–Kier alpha value is -1.08. The summed E-state index contributed by atoms with van der Waals surface area (Å²) in [7, 11) is 0. The number of hydrogen-bond donors (Lipinski definition) is 1. The lowest BCUT2D eigenvalue weighted by Gasteiger charge is -2.18. The van der Waals surface area contributed by atoms with Gasteiger partial charge in [-0.25, -0.2) is 4.79 Å². The topological polar surface area (TPSA) is 46.5 Å². The van der Waals surface area contributed by atoms with Gasteiger partial charge in [0.1, 0.15) is 0 Å². The lowest BCUT2D eigenvalue weighted by Crippen LogP contribution is -2.36. The summed E-state index contributed by atoms with van der Waals surface area (Å²) < 4.78 is 62.6. The van der Waals surface area contributed by atoms with E-state index in [-0.39, 0.29) is 0 Å². The Labute approximate surface area is 75.5 Å². The van der Waals surface area contributed by atoms with Gasteiger partial charge in [0, 0.05) is 6.42 Å². The van der Waals surface area contributed by atoms with Crippen molar-refractivity contribution in [2.45, 2.75) is 24.9 Å². The molecule has 84 valence electrons. The molecule has 0 radical (unpaired) electrons. The molecule has 0 amide bonds. The number of halogens is 5. The van der Waals surface area contributed by atoms with E-state index < -0.39 is 37.7 Å². The van der Waals surface area contributed by atoms with Crippen LogP contribution in [-0.4, -0.2) is 30.0 Å². The fourth-order valence-electron chi connectivity index (χ4n) is 0.595. The highest BCUT2D eigenvalue weighted by atomic mass is 19.4. The number of rotatable bonds is 4. The quantitative estimate of drug-likeness (QED) is 0.451. The Morgan fingerprint density at radius 1 is 1.21 bits per heavy atom. The van der Waals surface area contributed by atoms with Crippen LogP contribution in [0.2, 0.25) is 0 Å². The molecular weight excluding hydrogens is 215 g/mol. The summed E-state index contributed by atoms with van der Waals surface area (Å²) in [5.41, 5.74) is 0. The van der Waals surface area contributed by atoms with Crippen LogP contribution in [-0.2, 0) is 4.74 Å². The minimum atomic E-state index is -5.60. The number of carbonyl (C=O) groups is 1. The first kappa shape index (κ1) is 12.9. The zero-order valence-electron chi connectivity index (χ0n) is 6.77. The molecule has 0 atom stereocenters. The second-order valence-electron chi connectivity index (χ2n) is 2.42.